The van der Waals surface area contributed by atoms with Gasteiger partial charge in [0.15, 0.2) is 6.10 Å². The van der Waals surface area contributed by atoms with Crippen molar-refractivity contribution in [3.05, 3.63) is 0 Å². The number of carboxylic acids is 1. The smallest absolute Gasteiger partial charge is 0.332 e. The summed E-state index contributed by atoms with van der Waals surface area (Å²) < 4.78 is 5.58. The fourth-order valence-electron chi connectivity index (χ4n) is 3.09. The third-order valence-corrected chi connectivity index (χ3v) is 4.17. The number of carboxylic acid groups (broad SMARTS) is 1. The van der Waals surface area contributed by atoms with Gasteiger partial charge in [-0.3, -0.25) is 4.90 Å². The van der Waals surface area contributed by atoms with E-state index in [0.29, 0.717) is 18.5 Å². The first-order chi connectivity index (χ1) is 8.08. The number of likely N-dealkylation sites (tertiary alicyclic amines) is 1. The molecule has 0 amide bonds. The van der Waals surface area contributed by atoms with Crippen LogP contribution in [0, 0.1) is 0 Å². The van der Waals surface area contributed by atoms with Crippen LogP contribution in [0.3, 0.4) is 0 Å². The van der Waals surface area contributed by atoms with E-state index in [1.807, 2.05) is 0 Å². The molecule has 2 heterocycles. The molecule has 0 radical (unpaired) electrons. The molecule has 2 fully saturated rings. The van der Waals surface area contributed by atoms with Crippen molar-refractivity contribution in [3.63, 3.8) is 0 Å². The van der Waals surface area contributed by atoms with E-state index in [4.69, 9.17) is 9.84 Å². The average Bonchev–Trinajstić information content (AvgIpc) is 2.72. The standard InChI is InChI=1S/C13H23NO3/c1-9-4-3-5-10(2)14(9)8-11-6-7-12(17-11)13(15)16/h9-12H,3-8H2,1-2H3,(H,15,16)/t9-,10+,11?,12?. The van der Waals surface area contributed by atoms with Gasteiger partial charge in [0.05, 0.1) is 6.10 Å². The Morgan fingerprint density at radius 1 is 1.24 bits per heavy atom. The van der Waals surface area contributed by atoms with E-state index in [1.165, 1.54) is 19.3 Å². The van der Waals surface area contributed by atoms with Crippen molar-refractivity contribution in [3.8, 4) is 0 Å². The molecule has 98 valence electrons. The van der Waals surface area contributed by atoms with Crippen LogP contribution in [-0.2, 0) is 9.53 Å². The zero-order valence-electron chi connectivity index (χ0n) is 10.8. The van der Waals surface area contributed by atoms with E-state index in [-0.39, 0.29) is 6.10 Å². The number of hydrogen-bond donors (Lipinski definition) is 1. The van der Waals surface area contributed by atoms with E-state index in [1.54, 1.807) is 0 Å². The molecule has 2 saturated heterocycles. The molecule has 0 saturated carbocycles. The molecule has 2 aliphatic heterocycles. The molecular weight excluding hydrogens is 218 g/mol. The lowest BCUT2D eigenvalue weighted by atomic mass is 9.97. The number of nitrogens with zero attached hydrogens (tertiary/aromatic N) is 1. The maximum Gasteiger partial charge on any atom is 0.332 e. The van der Waals surface area contributed by atoms with E-state index >= 15 is 0 Å². The van der Waals surface area contributed by atoms with Crippen molar-refractivity contribution >= 4 is 5.97 Å². The number of hydrogen-bond acceptors (Lipinski definition) is 3. The topological polar surface area (TPSA) is 49.8 Å². The number of carbonyl (C=O) groups is 1. The molecule has 2 rings (SSSR count). The van der Waals surface area contributed by atoms with Crippen molar-refractivity contribution in [2.75, 3.05) is 6.54 Å². The number of ether oxygens (including phenoxy) is 1. The Morgan fingerprint density at radius 3 is 2.41 bits per heavy atom. The van der Waals surface area contributed by atoms with Gasteiger partial charge >= 0.3 is 5.97 Å². The van der Waals surface area contributed by atoms with Gasteiger partial charge in [0.2, 0.25) is 0 Å². The first-order valence-corrected chi connectivity index (χ1v) is 6.72. The number of piperidine rings is 1. The quantitative estimate of drug-likeness (QED) is 0.819. The molecule has 17 heavy (non-hydrogen) atoms. The van der Waals surface area contributed by atoms with Gasteiger partial charge < -0.3 is 9.84 Å². The second-order valence-electron chi connectivity index (χ2n) is 5.49. The summed E-state index contributed by atoms with van der Waals surface area (Å²) in [5.41, 5.74) is 0. The lowest BCUT2D eigenvalue weighted by Gasteiger charge is -2.40. The van der Waals surface area contributed by atoms with Gasteiger partial charge in [-0.25, -0.2) is 4.79 Å². The monoisotopic (exact) mass is 241 g/mol. The molecule has 4 atom stereocenters. The van der Waals surface area contributed by atoms with Gasteiger partial charge in [0.25, 0.3) is 0 Å². The predicted molar refractivity (Wildman–Crippen MR) is 65.0 cm³/mol. The second-order valence-corrected chi connectivity index (χ2v) is 5.49. The zero-order chi connectivity index (χ0) is 12.4. The Labute approximate surface area is 103 Å². The van der Waals surface area contributed by atoms with Crippen molar-refractivity contribution < 1.29 is 14.6 Å². The minimum absolute atomic E-state index is 0.110. The van der Waals surface area contributed by atoms with Gasteiger partial charge in [-0.1, -0.05) is 6.42 Å². The second kappa shape index (κ2) is 5.36. The zero-order valence-corrected chi connectivity index (χ0v) is 10.8. The summed E-state index contributed by atoms with van der Waals surface area (Å²) in [4.78, 5) is 13.3. The fraction of sp³-hybridized carbons (Fsp3) is 0.923. The normalized spacial score (nSPS) is 39.4. The molecule has 0 aliphatic carbocycles. The van der Waals surface area contributed by atoms with Crippen LogP contribution in [0.4, 0.5) is 0 Å². The molecular formula is C13H23NO3. The molecule has 0 spiro atoms. The van der Waals surface area contributed by atoms with Crippen LogP contribution < -0.4 is 0 Å². The SMILES string of the molecule is C[C@@H]1CCC[C@H](C)N1CC1CCC(C(=O)O)O1. The predicted octanol–water partition coefficient (Wildman–Crippen LogP) is 1.88. The minimum Gasteiger partial charge on any atom is -0.479 e. The summed E-state index contributed by atoms with van der Waals surface area (Å²) >= 11 is 0. The molecule has 0 aromatic carbocycles. The molecule has 4 nitrogen and oxygen atoms in total. The van der Waals surface area contributed by atoms with Crippen LogP contribution in [0.2, 0.25) is 0 Å². The third kappa shape index (κ3) is 2.99. The van der Waals surface area contributed by atoms with Crippen LogP contribution in [-0.4, -0.2) is 46.8 Å². The summed E-state index contributed by atoms with van der Waals surface area (Å²) in [6.45, 7) is 5.42. The summed E-state index contributed by atoms with van der Waals surface area (Å²) in [5, 5.41) is 8.90. The molecule has 1 N–H and O–H groups in total. The Morgan fingerprint density at radius 2 is 1.88 bits per heavy atom. The fourth-order valence-corrected chi connectivity index (χ4v) is 3.09. The summed E-state index contributed by atoms with van der Waals surface area (Å²) in [7, 11) is 0. The Kier molecular flexibility index (Phi) is 4.05. The largest absolute Gasteiger partial charge is 0.479 e. The Balaban J connectivity index is 1.86. The van der Waals surface area contributed by atoms with Gasteiger partial charge in [0, 0.05) is 18.6 Å². The number of rotatable bonds is 3. The number of aliphatic carboxylic acids is 1. The van der Waals surface area contributed by atoms with Crippen molar-refractivity contribution in [1.82, 2.24) is 4.90 Å². The first-order valence-electron chi connectivity index (χ1n) is 6.72. The lowest BCUT2D eigenvalue weighted by molar-refractivity contribution is -0.150. The lowest BCUT2D eigenvalue weighted by Crippen LogP contribution is -2.47. The minimum atomic E-state index is -0.813. The molecule has 4 heteroatoms. The van der Waals surface area contributed by atoms with E-state index < -0.39 is 12.1 Å². The van der Waals surface area contributed by atoms with E-state index in [0.717, 1.165) is 13.0 Å². The van der Waals surface area contributed by atoms with Crippen molar-refractivity contribution in [1.29, 1.82) is 0 Å². The summed E-state index contributed by atoms with van der Waals surface area (Å²) in [6, 6.07) is 1.21. The molecule has 2 unspecified atom stereocenters. The van der Waals surface area contributed by atoms with Crippen molar-refractivity contribution in [2.24, 2.45) is 0 Å². The Hall–Kier alpha value is -0.610. The third-order valence-electron chi connectivity index (χ3n) is 4.17. The molecule has 0 aromatic heterocycles. The summed E-state index contributed by atoms with van der Waals surface area (Å²) in [6.07, 6.45) is 4.89. The van der Waals surface area contributed by atoms with Crippen LogP contribution in [0.15, 0.2) is 0 Å². The van der Waals surface area contributed by atoms with Crippen LogP contribution in [0.1, 0.15) is 46.0 Å². The van der Waals surface area contributed by atoms with E-state index in [2.05, 4.69) is 18.7 Å². The van der Waals surface area contributed by atoms with Crippen molar-refractivity contribution in [2.45, 2.75) is 70.2 Å². The maximum atomic E-state index is 10.8. The van der Waals surface area contributed by atoms with Crippen LogP contribution in [0.25, 0.3) is 0 Å². The highest BCUT2D eigenvalue weighted by Gasteiger charge is 2.34. The van der Waals surface area contributed by atoms with Gasteiger partial charge in [-0.15, -0.1) is 0 Å². The summed E-state index contributed by atoms with van der Waals surface area (Å²) in [5.74, 6) is -0.813. The Bertz CT molecular complexity index is 272. The maximum absolute atomic E-state index is 10.8. The average molecular weight is 241 g/mol. The van der Waals surface area contributed by atoms with E-state index in [9.17, 15) is 4.79 Å². The first kappa shape index (κ1) is 12.8. The van der Waals surface area contributed by atoms with Crippen LogP contribution in [0.5, 0.6) is 0 Å². The van der Waals surface area contributed by atoms with Crippen LogP contribution >= 0.6 is 0 Å². The van der Waals surface area contributed by atoms with Gasteiger partial charge in [-0.05, 0) is 39.5 Å². The van der Waals surface area contributed by atoms with Gasteiger partial charge in [0.1, 0.15) is 0 Å². The highest BCUT2D eigenvalue weighted by Crippen LogP contribution is 2.26. The molecule has 0 aromatic rings. The highest BCUT2D eigenvalue weighted by atomic mass is 16.5. The molecule has 0 bridgehead atoms. The molecule has 2 aliphatic rings. The van der Waals surface area contributed by atoms with Gasteiger partial charge in [-0.2, -0.15) is 0 Å². The highest BCUT2D eigenvalue weighted by molar-refractivity contribution is 5.72.